The first kappa shape index (κ1) is 13.1. The second-order valence-corrected chi connectivity index (χ2v) is 4.26. The van der Waals surface area contributed by atoms with E-state index in [1.807, 2.05) is 20.2 Å². The van der Waals surface area contributed by atoms with Gasteiger partial charge in [0.15, 0.2) is 0 Å². The first-order chi connectivity index (χ1) is 7.69. The molecule has 1 N–H and O–H groups in total. The Balaban J connectivity index is 2.69. The zero-order valence-corrected chi connectivity index (χ0v) is 10.7. The maximum Gasteiger partial charge on any atom is 0.0465 e. The molecular weight excluding hydrogens is 200 g/mol. The quantitative estimate of drug-likeness (QED) is 0.802. The fourth-order valence-corrected chi connectivity index (χ4v) is 1.91. The van der Waals surface area contributed by atoms with Crippen LogP contribution in [0.15, 0.2) is 18.3 Å². The zero-order valence-electron chi connectivity index (χ0n) is 10.7. The van der Waals surface area contributed by atoms with Crippen molar-refractivity contribution in [1.29, 1.82) is 0 Å². The van der Waals surface area contributed by atoms with Crippen molar-refractivity contribution >= 4 is 0 Å². The third-order valence-corrected chi connectivity index (χ3v) is 2.95. The smallest absolute Gasteiger partial charge is 0.0465 e. The normalized spacial score (nSPS) is 14.8. The monoisotopic (exact) mass is 222 g/mol. The van der Waals surface area contributed by atoms with Gasteiger partial charge in [-0.05, 0) is 37.9 Å². The van der Waals surface area contributed by atoms with E-state index < -0.39 is 0 Å². The van der Waals surface area contributed by atoms with E-state index in [2.05, 4.69) is 29.4 Å². The summed E-state index contributed by atoms with van der Waals surface area (Å²) in [6.45, 7) is 5.05. The Bertz CT molecular complexity index is 297. The molecule has 0 aliphatic carbocycles. The molecule has 0 saturated heterocycles. The van der Waals surface area contributed by atoms with E-state index in [4.69, 9.17) is 4.74 Å². The Morgan fingerprint density at radius 1 is 1.44 bits per heavy atom. The topological polar surface area (TPSA) is 34.2 Å². The van der Waals surface area contributed by atoms with E-state index in [0.29, 0.717) is 12.0 Å². The molecule has 3 nitrogen and oxygen atoms in total. The summed E-state index contributed by atoms with van der Waals surface area (Å²) in [4.78, 5) is 4.34. The highest BCUT2D eigenvalue weighted by Crippen LogP contribution is 2.23. The Morgan fingerprint density at radius 2 is 2.19 bits per heavy atom. The number of rotatable bonds is 6. The Kier molecular flexibility index (Phi) is 5.43. The van der Waals surface area contributed by atoms with Crippen molar-refractivity contribution < 1.29 is 4.74 Å². The lowest BCUT2D eigenvalue weighted by molar-refractivity contribution is 0.171. The summed E-state index contributed by atoms with van der Waals surface area (Å²) in [5, 5.41) is 3.35. The summed E-state index contributed by atoms with van der Waals surface area (Å²) in [5.41, 5.74) is 2.31. The molecule has 2 unspecified atom stereocenters. The van der Waals surface area contributed by atoms with Crippen LogP contribution >= 0.6 is 0 Å². The van der Waals surface area contributed by atoms with E-state index in [-0.39, 0.29) is 0 Å². The summed E-state index contributed by atoms with van der Waals surface area (Å²) in [6.07, 6.45) is 3.01. The SMILES string of the molecule is CNC(c1ccc(C)nc1)C(C)CCOC. The number of nitrogens with one attached hydrogen (secondary N) is 1. The standard InChI is InChI=1S/C13H22N2O/c1-10(7-8-16-4)13(14-3)12-6-5-11(2)15-9-12/h5-6,9-10,13-14H,7-8H2,1-4H3. The van der Waals surface area contributed by atoms with Crippen molar-refractivity contribution in [3.05, 3.63) is 29.6 Å². The molecule has 1 aromatic heterocycles. The average Bonchev–Trinajstić information content (AvgIpc) is 2.30. The van der Waals surface area contributed by atoms with Gasteiger partial charge in [-0.25, -0.2) is 0 Å². The van der Waals surface area contributed by atoms with Crippen molar-refractivity contribution in [1.82, 2.24) is 10.3 Å². The number of methoxy groups -OCH3 is 1. The summed E-state index contributed by atoms with van der Waals surface area (Å²) in [7, 11) is 3.74. The fourth-order valence-electron chi connectivity index (χ4n) is 1.91. The number of ether oxygens (including phenoxy) is 1. The van der Waals surface area contributed by atoms with Gasteiger partial charge in [-0.15, -0.1) is 0 Å². The maximum atomic E-state index is 5.12. The molecule has 1 rings (SSSR count). The molecule has 90 valence electrons. The molecule has 2 atom stereocenters. The Morgan fingerprint density at radius 3 is 2.69 bits per heavy atom. The Labute approximate surface area is 98.2 Å². The number of pyridine rings is 1. The van der Waals surface area contributed by atoms with Gasteiger partial charge in [0.1, 0.15) is 0 Å². The van der Waals surface area contributed by atoms with Gasteiger partial charge in [0, 0.05) is 31.6 Å². The van der Waals surface area contributed by atoms with Crippen LogP contribution in [0.3, 0.4) is 0 Å². The first-order valence-corrected chi connectivity index (χ1v) is 5.77. The van der Waals surface area contributed by atoms with Gasteiger partial charge in [0.05, 0.1) is 0 Å². The highest BCUT2D eigenvalue weighted by molar-refractivity contribution is 5.17. The molecule has 0 saturated carbocycles. The van der Waals surface area contributed by atoms with Crippen LogP contribution in [0.4, 0.5) is 0 Å². The highest BCUT2D eigenvalue weighted by atomic mass is 16.5. The number of aromatic nitrogens is 1. The van der Waals surface area contributed by atoms with Crippen molar-refractivity contribution in [2.75, 3.05) is 20.8 Å². The molecule has 0 spiro atoms. The highest BCUT2D eigenvalue weighted by Gasteiger charge is 2.17. The lowest BCUT2D eigenvalue weighted by Crippen LogP contribution is -2.24. The van der Waals surface area contributed by atoms with E-state index in [9.17, 15) is 0 Å². The van der Waals surface area contributed by atoms with Gasteiger partial charge < -0.3 is 10.1 Å². The third-order valence-electron chi connectivity index (χ3n) is 2.95. The molecule has 0 aromatic carbocycles. The van der Waals surface area contributed by atoms with Gasteiger partial charge in [-0.1, -0.05) is 13.0 Å². The second-order valence-electron chi connectivity index (χ2n) is 4.26. The summed E-state index contributed by atoms with van der Waals surface area (Å²) >= 11 is 0. The molecule has 1 heterocycles. The lowest BCUT2D eigenvalue weighted by atomic mass is 9.93. The molecule has 1 aromatic rings. The minimum absolute atomic E-state index is 0.350. The molecular formula is C13H22N2O. The molecule has 3 heteroatoms. The lowest BCUT2D eigenvalue weighted by Gasteiger charge is -2.23. The van der Waals surface area contributed by atoms with Gasteiger partial charge in [-0.2, -0.15) is 0 Å². The van der Waals surface area contributed by atoms with Crippen molar-refractivity contribution in [2.45, 2.75) is 26.3 Å². The van der Waals surface area contributed by atoms with Crippen LogP contribution in [0.1, 0.15) is 30.6 Å². The molecule has 0 aliphatic rings. The molecule has 0 aliphatic heterocycles. The molecule has 0 amide bonds. The third kappa shape index (κ3) is 3.58. The van der Waals surface area contributed by atoms with E-state index in [1.54, 1.807) is 7.11 Å². The average molecular weight is 222 g/mol. The molecule has 0 fully saturated rings. The number of nitrogens with zero attached hydrogens (tertiary/aromatic N) is 1. The van der Waals surface area contributed by atoms with E-state index in [0.717, 1.165) is 18.7 Å². The van der Waals surface area contributed by atoms with Gasteiger partial charge in [0.25, 0.3) is 0 Å². The summed E-state index contributed by atoms with van der Waals surface area (Å²) in [6, 6.07) is 4.55. The Hall–Kier alpha value is -0.930. The largest absolute Gasteiger partial charge is 0.385 e. The second kappa shape index (κ2) is 6.61. The van der Waals surface area contributed by atoms with E-state index >= 15 is 0 Å². The van der Waals surface area contributed by atoms with Crippen LogP contribution in [-0.2, 0) is 4.74 Å². The van der Waals surface area contributed by atoms with Crippen LogP contribution in [0.5, 0.6) is 0 Å². The molecule has 0 bridgehead atoms. The summed E-state index contributed by atoms with van der Waals surface area (Å²) in [5.74, 6) is 0.537. The minimum Gasteiger partial charge on any atom is -0.385 e. The van der Waals surface area contributed by atoms with Crippen molar-refractivity contribution in [3.63, 3.8) is 0 Å². The van der Waals surface area contributed by atoms with Gasteiger partial charge in [-0.3, -0.25) is 4.98 Å². The van der Waals surface area contributed by atoms with E-state index in [1.165, 1.54) is 5.56 Å². The van der Waals surface area contributed by atoms with Crippen LogP contribution in [0, 0.1) is 12.8 Å². The molecule has 16 heavy (non-hydrogen) atoms. The van der Waals surface area contributed by atoms with Gasteiger partial charge >= 0.3 is 0 Å². The maximum absolute atomic E-state index is 5.12. The fraction of sp³-hybridized carbons (Fsp3) is 0.615. The predicted octanol–water partition coefficient (Wildman–Crippen LogP) is 2.32. The predicted molar refractivity (Wildman–Crippen MR) is 66.4 cm³/mol. The van der Waals surface area contributed by atoms with Crippen molar-refractivity contribution in [3.8, 4) is 0 Å². The number of hydrogen-bond acceptors (Lipinski definition) is 3. The van der Waals surface area contributed by atoms with Crippen LogP contribution < -0.4 is 5.32 Å². The zero-order chi connectivity index (χ0) is 12.0. The van der Waals surface area contributed by atoms with Crippen LogP contribution in [0.25, 0.3) is 0 Å². The van der Waals surface area contributed by atoms with Crippen LogP contribution in [-0.4, -0.2) is 25.7 Å². The number of aryl methyl sites for hydroxylation is 1. The van der Waals surface area contributed by atoms with Gasteiger partial charge in [0.2, 0.25) is 0 Å². The first-order valence-electron chi connectivity index (χ1n) is 5.77. The number of hydrogen-bond donors (Lipinski definition) is 1. The summed E-state index contributed by atoms with van der Waals surface area (Å²) < 4.78 is 5.12. The molecule has 0 radical (unpaired) electrons. The van der Waals surface area contributed by atoms with Crippen molar-refractivity contribution in [2.24, 2.45) is 5.92 Å². The minimum atomic E-state index is 0.350. The van der Waals surface area contributed by atoms with Crippen LogP contribution in [0.2, 0.25) is 0 Å².